The van der Waals surface area contributed by atoms with E-state index in [9.17, 15) is 19.1 Å². The van der Waals surface area contributed by atoms with Crippen molar-refractivity contribution < 1.29 is 28.9 Å². The van der Waals surface area contributed by atoms with Crippen LogP contribution in [0.3, 0.4) is 0 Å². The van der Waals surface area contributed by atoms with E-state index in [0.717, 1.165) is 31.6 Å². The molecule has 4 aromatic rings. The SMILES string of the molecule is C1C[C@H]2OCC[C@H]2O1.N#Cc1c(O)c2ccccc2n(Cc2ccc(F)cc2)c1=O.O=C(O)c1ccccc1. The molecule has 2 fully saturated rings. The Hall–Kier alpha value is -4.52. The average Bonchev–Trinajstić information content (AvgIpc) is 3.60. The van der Waals surface area contributed by atoms with Crippen molar-refractivity contribution in [2.75, 3.05) is 13.2 Å². The van der Waals surface area contributed by atoms with Gasteiger partial charge in [0.25, 0.3) is 5.56 Å². The number of hydrogen-bond donors (Lipinski definition) is 2. The van der Waals surface area contributed by atoms with Crippen molar-refractivity contribution in [1.29, 1.82) is 5.26 Å². The van der Waals surface area contributed by atoms with E-state index in [1.807, 2.05) is 0 Å². The van der Waals surface area contributed by atoms with Gasteiger partial charge in [-0.15, -0.1) is 0 Å². The van der Waals surface area contributed by atoms with Gasteiger partial charge in [-0.25, -0.2) is 9.18 Å². The van der Waals surface area contributed by atoms with Crippen LogP contribution >= 0.6 is 0 Å². The molecule has 3 aromatic carbocycles. The summed E-state index contributed by atoms with van der Waals surface area (Å²) in [5.74, 6) is -1.54. The molecule has 0 unspecified atom stereocenters. The number of aromatic nitrogens is 1. The first-order chi connectivity index (χ1) is 18.9. The molecule has 0 bridgehead atoms. The zero-order valence-electron chi connectivity index (χ0n) is 21.0. The smallest absolute Gasteiger partial charge is 0.335 e. The molecule has 0 radical (unpaired) electrons. The maximum atomic E-state index is 13.0. The Labute approximate surface area is 224 Å². The zero-order valence-corrected chi connectivity index (χ0v) is 21.0. The Kier molecular flexibility index (Phi) is 9.05. The summed E-state index contributed by atoms with van der Waals surface area (Å²) in [6.45, 7) is 2.01. The predicted molar refractivity (Wildman–Crippen MR) is 142 cm³/mol. The van der Waals surface area contributed by atoms with E-state index < -0.39 is 11.5 Å². The number of halogens is 1. The second-order valence-corrected chi connectivity index (χ2v) is 8.94. The Morgan fingerprint density at radius 3 is 2.10 bits per heavy atom. The summed E-state index contributed by atoms with van der Waals surface area (Å²) in [6.07, 6.45) is 3.14. The summed E-state index contributed by atoms with van der Waals surface area (Å²) in [7, 11) is 0. The van der Waals surface area contributed by atoms with Gasteiger partial charge in [0.2, 0.25) is 0 Å². The van der Waals surface area contributed by atoms with Crippen molar-refractivity contribution >= 4 is 16.9 Å². The molecule has 0 saturated carbocycles. The summed E-state index contributed by atoms with van der Waals surface area (Å²) in [6, 6.07) is 22.6. The van der Waals surface area contributed by atoms with Crippen molar-refractivity contribution in [3.8, 4) is 11.8 Å². The lowest BCUT2D eigenvalue weighted by molar-refractivity contribution is 0.0697. The fourth-order valence-electron chi connectivity index (χ4n) is 4.42. The standard InChI is InChI=1S/C17H11FN2O2.C7H6O2.C6H10O2/c18-12-7-5-11(6-8-12)10-20-15-4-2-1-3-13(15)16(21)14(9-19)17(20)22;8-7(9)6-4-2-1-3-5-6;1-3-7-6-2-4-8-5(1)6/h1-8,21H,10H2;1-5H,(H,8,9);5-6H,1-4H2/t;;5-,6-/m..1/s1. The molecule has 0 amide bonds. The fourth-order valence-corrected chi connectivity index (χ4v) is 4.42. The molecule has 1 aromatic heterocycles. The summed E-state index contributed by atoms with van der Waals surface area (Å²) >= 11 is 0. The van der Waals surface area contributed by atoms with Gasteiger partial charge >= 0.3 is 5.97 Å². The van der Waals surface area contributed by atoms with Crippen LogP contribution in [-0.2, 0) is 16.0 Å². The zero-order chi connectivity index (χ0) is 27.8. The molecule has 2 atom stereocenters. The molecule has 200 valence electrons. The number of aromatic carboxylic acids is 1. The highest BCUT2D eigenvalue weighted by Crippen LogP contribution is 2.26. The van der Waals surface area contributed by atoms with E-state index >= 15 is 0 Å². The van der Waals surface area contributed by atoms with E-state index in [2.05, 4.69) is 0 Å². The molecular weight excluding hydrogens is 503 g/mol. The third-order valence-corrected chi connectivity index (χ3v) is 6.42. The molecule has 2 aliphatic rings. The monoisotopic (exact) mass is 530 g/mol. The van der Waals surface area contributed by atoms with Crippen LogP contribution in [0.5, 0.6) is 5.75 Å². The van der Waals surface area contributed by atoms with Crippen LogP contribution in [0.15, 0.2) is 83.7 Å². The topological polar surface area (TPSA) is 122 Å². The van der Waals surface area contributed by atoms with Gasteiger partial charge in [-0.2, -0.15) is 5.26 Å². The maximum Gasteiger partial charge on any atom is 0.335 e. The second kappa shape index (κ2) is 12.8. The Balaban J connectivity index is 0.000000168. The van der Waals surface area contributed by atoms with Gasteiger partial charge in [-0.1, -0.05) is 42.5 Å². The number of nitriles is 1. The number of rotatable bonds is 3. The van der Waals surface area contributed by atoms with Crippen LogP contribution in [0, 0.1) is 17.1 Å². The maximum absolute atomic E-state index is 13.0. The molecule has 39 heavy (non-hydrogen) atoms. The molecule has 9 heteroatoms. The number of carboxylic acids is 1. The van der Waals surface area contributed by atoms with E-state index in [1.54, 1.807) is 72.8 Å². The third kappa shape index (κ3) is 6.68. The number of para-hydroxylation sites is 1. The van der Waals surface area contributed by atoms with Gasteiger partial charge in [0.1, 0.15) is 17.6 Å². The van der Waals surface area contributed by atoms with Gasteiger partial charge in [-0.05, 0) is 54.8 Å². The predicted octanol–water partition coefficient (Wildman–Crippen LogP) is 4.72. The summed E-state index contributed by atoms with van der Waals surface area (Å²) in [5, 5.41) is 28.0. The first kappa shape index (κ1) is 27.5. The minimum absolute atomic E-state index is 0.189. The van der Waals surface area contributed by atoms with Gasteiger partial charge < -0.3 is 24.3 Å². The number of ether oxygens (including phenoxy) is 2. The number of pyridine rings is 1. The lowest BCUT2D eigenvalue weighted by Crippen LogP contribution is -2.23. The highest BCUT2D eigenvalue weighted by atomic mass is 19.1. The van der Waals surface area contributed by atoms with Gasteiger partial charge in [0.05, 0.1) is 29.8 Å². The largest absolute Gasteiger partial charge is 0.506 e. The number of hydrogen-bond acceptors (Lipinski definition) is 6. The lowest BCUT2D eigenvalue weighted by Gasteiger charge is -2.12. The van der Waals surface area contributed by atoms with E-state index in [4.69, 9.17) is 19.8 Å². The summed E-state index contributed by atoms with van der Waals surface area (Å²) in [5.41, 5.74) is 0.720. The number of carbonyl (C=O) groups is 1. The number of fused-ring (bicyclic) bond motifs is 2. The number of carboxylic acid groups (broad SMARTS) is 1. The number of nitrogens with zero attached hydrogens (tertiary/aromatic N) is 2. The molecule has 6 rings (SSSR count). The van der Waals surface area contributed by atoms with E-state index in [1.165, 1.54) is 16.7 Å². The van der Waals surface area contributed by atoms with Crippen LogP contribution < -0.4 is 5.56 Å². The molecule has 0 spiro atoms. The molecular formula is C30H27FN2O6. The van der Waals surface area contributed by atoms with Crippen LogP contribution in [0.2, 0.25) is 0 Å². The van der Waals surface area contributed by atoms with Crippen molar-refractivity contribution in [2.45, 2.75) is 31.6 Å². The molecule has 2 N–H and O–H groups in total. The highest BCUT2D eigenvalue weighted by molar-refractivity contribution is 5.87. The number of benzene rings is 3. The first-order valence-electron chi connectivity index (χ1n) is 12.4. The lowest BCUT2D eigenvalue weighted by atomic mass is 10.1. The molecule has 2 aliphatic heterocycles. The molecule has 8 nitrogen and oxygen atoms in total. The van der Waals surface area contributed by atoms with E-state index in [-0.39, 0.29) is 23.7 Å². The van der Waals surface area contributed by atoms with E-state index in [0.29, 0.717) is 28.7 Å². The van der Waals surface area contributed by atoms with Crippen molar-refractivity contribution in [1.82, 2.24) is 4.57 Å². The van der Waals surface area contributed by atoms with Crippen LogP contribution in [0.1, 0.15) is 34.3 Å². The first-order valence-corrected chi connectivity index (χ1v) is 12.4. The quantitative estimate of drug-likeness (QED) is 0.393. The highest BCUT2D eigenvalue weighted by Gasteiger charge is 2.33. The summed E-state index contributed by atoms with van der Waals surface area (Å²) in [4.78, 5) is 22.6. The molecule has 3 heterocycles. The molecule has 2 saturated heterocycles. The minimum Gasteiger partial charge on any atom is -0.506 e. The fraction of sp³-hybridized carbons (Fsp3) is 0.233. The van der Waals surface area contributed by atoms with Crippen molar-refractivity contribution in [2.24, 2.45) is 0 Å². The normalized spacial score (nSPS) is 17.2. The van der Waals surface area contributed by atoms with Gasteiger partial charge in [0.15, 0.2) is 5.56 Å². The van der Waals surface area contributed by atoms with Crippen molar-refractivity contribution in [3.05, 3.63) is 112 Å². The van der Waals surface area contributed by atoms with Crippen LogP contribution in [0.25, 0.3) is 10.9 Å². The molecule has 0 aliphatic carbocycles. The van der Waals surface area contributed by atoms with Gasteiger partial charge in [-0.3, -0.25) is 4.79 Å². The number of aromatic hydroxyl groups is 1. The Morgan fingerprint density at radius 2 is 1.54 bits per heavy atom. The van der Waals surface area contributed by atoms with Crippen LogP contribution in [0.4, 0.5) is 4.39 Å². The van der Waals surface area contributed by atoms with Crippen LogP contribution in [-0.4, -0.2) is 46.2 Å². The third-order valence-electron chi connectivity index (χ3n) is 6.42. The minimum atomic E-state index is -0.879. The second-order valence-electron chi connectivity index (χ2n) is 8.94. The van der Waals surface area contributed by atoms with Gasteiger partial charge in [0, 0.05) is 18.6 Å². The summed E-state index contributed by atoms with van der Waals surface area (Å²) < 4.78 is 25.1. The average molecular weight is 531 g/mol. The Bertz CT molecular complexity index is 1510. The Morgan fingerprint density at radius 1 is 0.949 bits per heavy atom. The van der Waals surface area contributed by atoms with Crippen molar-refractivity contribution in [3.63, 3.8) is 0 Å².